The predicted molar refractivity (Wildman–Crippen MR) is 112 cm³/mol. The van der Waals surface area contributed by atoms with Crippen molar-refractivity contribution in [1.82, 2.24) is 0 Å². The summed E-state index contributed by atoms with van der Waals surface area (Å²) in [5, 5.41) is 5.98. The normalized spacial score (nSPS) is 15.3. The molecule has 0 bridgehead atoms. The highest BCUT2D eigenvalue weighted by molar-refractivity contribution is 6.08. The summed E-state index contributed by atoms with van der Waals surface area (Å²) >= 11 is 0. The topological polar surface area (TPSA) is 87.7 Å². The third-order valence-electron chi connectivity index (χ3n) is 4.82. The van der Waals surface area contributed by atoms with Crippen molar-refractivity contribution in [1.29, 1.82) is 0 Å². The van der Waals surface area contributed by atoms with Gasteiger partial charge in [0, 0.05) is 12.2 Å². The number of likely N-dealkylation sites (N-methyl/N-ethyl adjacent to an activating group) is 1. The van der Waals surface area contributed by atoms with E-state index in [0.717, 1.165) is 11.3 Å². The van der Waals surface area contributed by atoms with E-state index in [1.54, 1.807) is 30.0 Å². The standard InChI is InChI=1S/C22H25N3O4/c1-4-25-19-11-10-15(22(28)29-5-2)12-17(19)23-18(21(25)27)13-20(26)24-16-9-7-6-8-14(16)3/h6-12,18,23H,4-5,13H2,1-3H3,(H,24,26)/t18-/m0/s1. The zero-order valence-corrected chi connectivity index (χ0v) is 16.8. The molecule has 0 spiro atoms. The molecule has 1 atom stereocenters. The highest BCUT2D eigenvalue weighted by atomic mass is 16.5. The van der Waals surface area contributed by atoms with Crippen LogP contribution >= 0.6 is 0 Å². The van der Waals surface area contributed by atoms with Crippen molar-refractivity contribution in [3.63, 3.8) is 0 Å². The minimum atomic E-state index is -0.719. The summed E-state index contributed by atoms with van der Waals surface area (Å²) in [7, 11) is 0. The third-order valence-corrected chi connectivity index (χ3v) is 4.82. The second kappa shape index (κ2) is 8.77. The van der Waals surface area contributed by atoms with Gasteiger partial charge in [0.2, 0.25) is 11.8 Å². The monoisotopic (exact) mass is 395 g/mol. The molecular weight excluding hydrogens is 370 g/mol. The number of carbonyl (C=O) groups excluding carboxylic acids is 3. The molecule has 1 aliphatic heterocycles. The second-order valence-corrected chi connectivity index (χ2v) is 6.80. The lowest BCUT2D eigenvalue weighted by atomic mass is 10.0. The predicted octanol–water partition coefficient (Wildman–Crippen LogP) is 3.35. The Morgan fingerprint density at radius 2 is 1.93 bits per heavy atom. The van der Waals surface area contributed by atoms with Crippen molar-refractivity contribution < 1.29 is 19.1 Å². The summed E-state index contributed by atoms with van der Waals surface area (Å²) in [6, 6.07) is 11.8. The number of para-hydroxylation sites is 1. The molecular formula is C22H25N3O4. The van der Waals surface area contributed by atoms with Crippen LogP contribution < -0.4 is 15.5 Å². The van der Waals surface area contributed by atoms with Gasteiger partial charge in [0.25, 0.3) is 0 Å². The molecule has 1 aliphatic rings. The fourth-order valence-corrected chi connectivity index (χ4v) is 3.35. The van der Waals surface area contributed by atoms with Crippen LogP contribution in [-0.4, -0.2) is 37.0 Å². The lowest BCUT2D eigenvalue weighted by molar-refractivity contribution is -0.123. The van der Waals surface area contributed by atoms with Gasteiger partial charge in [-0.25, -0.2) is 4.79 Å². The van der Waals surface area contributed by atoms with Crippen LogP contribution in [0.25, 0.3) is 0 Å². The van der Waals surface area contributed by atoms with Crippen LogP contribution in [0.5, 0.6) is 0 Å². The van der Waals surface area contributed by atoms with Crippen molar-refractivity contribution in [3.05, 3.63) is 53.6 Å². The molecule has 2 amide bonds. The first-order valence-electron chi connectivity index (χ1n) is 9.69. The maximum Gasteiger partial charge on any atom is 0.338 e. The van der Waals surface area contributed by atoms with E-state index < -0.39 is 12.0 Å². The van der Waals surface area contributed by atoms with Crippen LogP contribution in [0.2, 0.25) is 0 Å². The van der Waals surface area contributed by atoms with Gasteiger partial charge in [0.05, 0.1) is 30.0 Å². The summed E-state index contributed by atoms with van der Waals surface area (Å²) in [5.74, 6) is -0.860. The Kier molecular flexibility index (Phi) is 6.16. The summed E-state index contributed by atoms with van der Waals surface area (Å²) in [5.41, 5.74) is 3.37. The number of ether oxygens (including phenoxy) is 1. The molecule has 3 rings (SSSR count). The second-order valence-electron chi connectivity index (χ2n) is 6.80. The molecule has 152 valence electrons. The molecule has 0 aliphatic carbocycles. The van der Waals surface area contributed by atoms with Gasteiger partial charge in [0.1, 0.15) is 6.04 Å². The fourth-order valence-electron chi connectivity index (χ4n) is 3.35. The van der Waals surface area contributed by atoms with Gasteiger partial charge in [-0.05, 0) is 50.6 Å². The van der Waals surface area contributed by atoms with Gasteiger partial charge < -0.3 is 20.3 Å². The van der Waals surface area contributed by atoms with E-state index >= 15 is 0 Å². The van der Waals surface area contributed by atoms with Crippen molar-refractivity contribution in [2.75, 3.05) is 28.7 Å². The molecule has 2 N–H and O–H groups in total. The smallest absolute Gasteiger partial charge is 0.338 e. The van der Waals surface area contributed by atoms with Gasteiger partial charge in [0.15, 0.2) is 0 Å². The SMILES string of the molecule is CCOC(=O)c1ccc2c(c1)N[C@@H](CC(=O)Nc1ccccc1C)C(=O)N2CC. The maximum atomic E-state index is 12.9. The number of rotatable bonds is 6. The lowest BCUT2D eigenvalue weighted by Gasteiger charge is -2.34. The van der Waals surface area contributed by atoms with Crippen LogP contribution in [0.15, 0.2) is 42.5 Å². The Morgan fingerprint density at radius 1 is 1.17 bits per heavy atom. The van der Waals surface area contributed by atoms with Gasteiger partial charge in [-0.1, -0.05) is 18.2 Å². The summed E-state index contributed by atoms with van der Waals surface area (Å²) in [6.45, 7) is 6.27. The van der Waals surface area contributed by atoms with E-state index in [2.05, 4.69) is 10.6 Å². The number of benzene rings is 2. The third kappa shape index (κ3) is 4.39. The molecule has 0 unspecified atom stereocenters. The van der Waals surface area contributed by atoms with E-state index in [0.29, 0.717) is 23.5 Å². The van der Waals surface area contributed by atoms with E-state index in [1.807, 2.05) is 38.1 Å². The fraction of sp³-hybridized carbons (Fsp3) is 0.318. The van der Waals surface area contributed by atoms with Crippen LogP contribution in [0.4, 0.5) is 17.1 Å². The zero-order chi connectivity index (χ0) is 21.0. The van der Waals surface area contributed by atoms with E-state index in [1.165, 1.54) is 0 Å². The molecule has 0 radical (unpaired) electrons. The number of hydrogen-bond acceptors (Lipinski definition) is 5. The van der Waals surface area contributed by atoms with Gasteiger partial charge >= 0.3 is 5.97 Å². The lowest BCUT2D eigenvalue weighted by Crippen LogP contribution is -2.48. The Morgan fingerprint density at radius 3 is 2.62 bits per heavy atom. The van der Waals surface area contributed by atoms with Gasteiger partial charge in [-0.3, -0.25) is 9.59 Å². The zero-order valence-electron chi connectivity index (χ0n) is 16.8. The van der Waals surface area contributed by atoms with Crippen molar-refractivity contribution >= 4 is 34.8 Å². The molecule has 1 heterocycles. The number of esters is 1. The number of anilines is 3. The molecule has 2 aromatic carbocycles. The number of nitrogens with zero attached hydrogens (tertiary/aromatic N) is 1. The minimum Gasteiger partial charge on any atom is -0.462 e. The Hall–Kier alpha value is -3.35. The first-order valence-corrected chi connectivity index (χ1v) is 9.69. The first-order chi connectivity index (χ1) is 13.9. The summed E-state index contributed by atoms with van der Waals surface area (Å²) in [4.78, 5) is 39.1. The maximum absolute atomic E-state index is 12.9. The molecule has 0 aromatic heterocycles. The molecule has 7 nitrogen and oxygen atoms in total. The highest BCUT2D eigenvalue weighted by Crippen LogP contribution is 2.33. The average Bonchev–Trinajstić information content (AvgIpc) is 2.70. The van der Waals surface area contributed by atoms with Crippen LogP contribution in [0.1, 0.15) is 36.2 Å². The quantitative estimate of drug-likeness (QED) is 0.733. The van der Waals surface area contributed by atoms with Crippen molar-refractivity contribution in [2.24, 2.45) is 0 Å². The average molecular weight is 395 g/mol. The Balaban J connectivity index is 1.80. The Labute approximate surface area is 170 Å². The number of hydrogen-bond donors (Lipinski definition) is 2. The molecule has 0 fully saturated rings. The number of carbonyl (C=O) groups is 3. The van der Waals surface area contributed by atoms with E-state index in [4.69, 9.17) is 4.74 Å². The first kappa shape index (κ1) is 20.4. The van der Waals surface area contributed by atoms with Crippen molar-refractivity contribution in [3.8, 4) is 0 Å². The number of fused-ring (bicyclic) bond motifs is 1. The number of aryl methyl sites for hydroxylation is 1. The van der Waals surface area contributed by atoms with E-state index in [9.17, 15) is 14.4 Å². The summed E-state index contributed by atoms with van der Waals surface area (Å²) < 4.78 is 5.05. The number of amides is 2. The molecule has 2 aromatic rings. The van der Waals surface area contributed by atoms with Gasteiger partial charge in [-0.15, -0.1) is 0 Å². The van der Waals surface area contributed by atoms with Gasteiger partial charge in [-0.2, -0.15) is 0 Å². The molecule has 7 heteroatoms. The molecule has 0 saturated carbocycles. The Bertz CT molecular complexity index is 941. The minimum absolute atomic E-state index is 0.0211. The summed E-state index contributed by atoms with van der Waals surface area (Å²) in [6.07, 6.45) is -0.0211. The number of nitrogens with one attached hydrogen (secondary N) is 2. The van der Waals surface area contributed by atoms with E-state index in [-0.39, 0.29) is 24.8 Å². The highest BCUT2D eigenvalue weighted by Gasteiger charge is 2.33. The largest absolute Gasteiger partial charge is 0.462 e. The van der Waals surface area contributed by atoms with Crippen molar-refractivity contribution in [2.45, 2.75) is 33.2 Å². The molecule has 0 saturated heterocycles. The molecule has 29 heavy (non-hydrogen) atoms. The van der Waals surface area contributed by atoms with Crippen LogP contribution in [0, 0.1) is 6.92 Å². The van der Waals surface area contributed by atoms with Crippen LogP contribution in [-0.2, 0) is 14.3 Å². The van der Waals surface area contributed by atoms with Crippen LogP contribution in [0.3, 0.4) is 0 Å².